The number of nitrogens with one attached hydrogen (secondary N) is 1. The summed E-state index contributed by atoms with van der Waals surface area (Å²) in [5.74, 6) is -1.27. The molecular formula is C17H18BrNO2. The molecule has 0 spiro atoms. The van der Waals surface area contributed by atoms with Gasteiger partial charge in [-0.1, -0.05) is 40.2 Å². The quantitative estimate of drug-likeness (QED) is 0.833. The largest absolute Gasteiger partial charge is 0.481 e. The van der Waals surface area contributed by atoms with Crippen molar-refractivity contribution in [1.82, 2.24) is 0 Å². The van der Waals surface area contributed by atoms with Gasteiger partial charge < -0.3 is 10.4 Å². The monoisotopic (exact) mass is 347 g/mol. The number of carboxylic acid groups (broad SMARTS) is 1. The topological polar surface area (TPSA) is 49.3 Å². The number of aliphatic carboxylic acids is 1. The lowest BCUT2D eigenvalue weighted by Gasteiger charge is -2.10. The molecule has 3 nitrogen and oxygen atoms in total. The van der Waals surface area contributed by atoms with E-state index in [2.05, 4.69) is 34.2 Å². The lowest BCUT2D eigenvalue weighted by atomic mass is 10.00. The first-order valence-electron chi connectivity index (χ1n) is 6.79. The number of hydrogen-bond acceptors (Lipinski definition) is 2. The molecule has 0 aliphatic rings. The van der Waals surface area contributed by atoms with Gasteiger partial charge in [-0.2, -0.15) is 0 Å². The summed E-state index contributed by atoms with van der Waals surface area (Å²) in [6.45, 7) is 4.46. The third-order valence-electron chi connectivity index (χ3n) is 3.50. The molecule has 2 N–H and O–H groups in total. The standard InChI is InChI=1S/C17H18BrNO2/c1-11-9-15(7-8-16(11)18)19-10-13-3-5-14(6-4-13)12(2)17(20)21/h3-9,12,19H,10H2,1-2H3,(H,20,21). The lowest BCUT2D eigenvalue weighted by Crippen LogP contribution is -2.07. The van der Waals surface area contributed by atoms with Crippen molar-refractivity contribution in [2.75, 3.05) is 5.32 Å². The fourth-order valence-electron chi connectivity index (χ4n) is 2.03. The summed E-state index contributed by atoms with van der Waals surface area (Å²) in [4.78, 5) is 10.9. The number of halogens is 1. The Hall–Kier alpha value is -1.81. The second-order valence-electron chi connectivity index (χ2n) is 5.12. The van der Waals surface area contributed by atoms with Gasteiger partial charge >= 0.3 is 5.97 Å². The number of carbonyl (C=O) groups is 1. The normalized spacial score (nSPS) is 12.0. The number of benzene rings is 2. The van der Waals surface area contributed by atoms with Crippen LogP contribution in [0.25, 0.3) is 0 Å². The number of hydrogen-bond donors (Lipinski definition) is 2. The van der Waals surface area contributed by atoms with Gasteiger partial charge in [-0.05, 0) is 48.7 Å². The highest BCUT2D eigenvalue weighted by molar-refractivity contribution is 9.10. The Morgan fingerprint density at radius 1 is 1.24 bits per heavy atom. The Bertz CT molecular complexity index is 638. The molecule has 2 rings (SSSR count). The van der Waals surface area contributed by atoms with Crippen LogP contribution in [0, 0.1) is 6.92 Å². The minimum atomic E-state index is -0.800. The van der Waals surface area contributed by atoms with Crippen LogP contribution in [0.5, 0.6) is 0 Å². The van der Waals surface area contributed by atoms with E-state index in [0.29, 0.717) is 6.54 Å². The van der Waals surface area contributed by atoms with Crippen LogP contribution in [0.4, 0.5) is 5.69 Å². The van der Waals surface area contributed by atoms with Crippen molar-refractivity contribution < 1.29 is 9.90 Å². The molecule has 1 atom stereocenters. The average molecular weight is 348 g/mol. The van der Waals surface area contributed by atoms with Gasteiger partial charge in [0.15, 0.2) is 0 Å². The predicted molar refractivity (Wildman–Crippen MR) is 88.7 cm³/mol. The van der Waals surface area contributed by atoms with Gasteiger partial charge in [-0.25, -0.2) is 0 Å². The molecule has 0 fully saturated rings. The molecule has 0 aliphatic carbocycles. The molecule has 0 radical (unpaired) electrons. The maximum absolute atomic E-state index is 10.9. The van der Waals surface area contributed by atoms with Gasteiger partial charge in [0.2, 0.25) is 0 Å². The van der Waals surface area contributed by atoms with Crippen LogP contribution in [0.2, 0.25) is 0 Å². The number of rotatable bonds is 5. The van der Waals surface area contributed by atoms with E-state index < -0.39 is 11.9 Å². The predicted octanol–water partition coefficient (Wildman–Crippen LogP) is 4.56. The van der Waals surface area contributed by atoms with Crippen molar-refractivity contribution >= 4 is 27.6 Å². The minimum absolute atomic E-state index is 0.471. The van der Waals surface area contributed by atoms with Crippen LogP contribution in [-0.2, 0) is 11.3 Å². The first-order valence-corrected chi connectivity index (χ1v) is 7.58. The molecule has 4 heteroatoms. The first kappa shape index (κ1) is 15.6. The van der Waals surface area contributed by atoms with Crippen molar-refractivity contribution in [2.45, 2.75) is 26.3 Å². The summed E-state index contributed by atoms with van der Waals surface area (Å²) < 4.78 is 1.10. The van der Waals surface area contributed by atoms with E-state index in [1.807, 2.05) is 36.4 Å². The second kappa shape index (κ2) is 6.76. The van der Waals surface area contributed by atoms with Crippen LogP contribution in [-0.4, -0.2) is 11.1 Å². The van der Waals surface area contributed by atoms with Crippen molar-refractivity contribution in [3.05, 3.63) is 63.6 Å². The summed E-state index contributed by atoms with van der Waals surface area (Å²) in [5.41, 5.74) is 4.20. The Kier molecular flexibility index (Phi) is 5.02. The average Bonchev–Trinajstić information content (AvgIpc) is 2.48. The zero-order valence-electron chi connectivity index (χ0n) is 12.1. The van der Waals surface area contributed by atoms with Crippen LogP contribution in [0.1, 0.15) is 29.5 Å². The first-order chi connectivity index (χ1) is 9.97. The van der Waals surface area contributed by atoms with Gasteiger partial charge in [-0.15, -0.1) is 0 Å². The van der Waals surface area contributed by atoms with Crippen molar-refractivity contribution in [3.8, 4) is 0 Å². The molecule has 110 valence electrons. The van der Waals surface area contributed by atoms with E-state index >= 15 is 0 Å². The van der Waals surface area contributed by atoms with Gasteiger partial charge in [0, 0.05) is 16.7 Å². The summed E-state index contributed by atoms with van der Waals surface area (Å²) in [6.07, 6.45) is 0. The minimum Gasteiger partial charge on any atom is -0.481 e. The second-order valence-corrected chi connectivity index (χ2v) is 5.97. The molecule has 2 aromatic carbocycles. The third-order valence-corrected chi connectivity index (χ3v) is 4.39. The van der Waals surface area contributed by atoms with Crippen molar-refractivity contribution in [3.63, 3.8) is 0 Å². The highest BCUT2D eigenvalue weighted by atomic mass is 79.9. The van der Waals surface area contributed by atoms with E-state index in [1.54, 1.807) is 6.92 Å². The van der Waals surface area contributed by atoms with E-state index in [9.17, 15) is 4.79 Å². The SMILES string of the molecule is Cc1cc(NCc2ccc(C(C)C(=O)O)cc2)ccc1Br. The molecule has 0 saturated carbocycles. The molecule has 0 aliphatic heterocycles. The van der Waals surface area contributed by atoms with E-state index in [1.165, 1.54) is 5.56 Å². The van der Waals surface area contributed by atoms with Crippen molar-refractivity contribution in [1.29, 1.82) is 0 Å². The fraction of sp³-hybridized carbons (Fsp3) is 0.235. The number of anilines is 1. The maximum atomic E-state index is 10.9. The maximum Gasteiger partial charge on any atom is 0.310 e. The molecule has 0 aromatic heterocycles. The highest BCUT2D eigenvalue weighted by Crippen LogP contribution is 2.21. The summed E-state index contributed by atoms with van der Waals surface area (Å²) in [7, 11) is 0. The Morgan fingerprint density at radius 2 is 1.90 bits per heavy atom. The molecule has 1 unspecified atom stereocenters. The van der Waals surface area contributed by atoms with Crippen LogP contribution < -0.4 is 5.32 Å². The van der Waals surface area contributed by atoms with E-state index in [4.69, 9.17) is 5.11 Å². The lowest BCUT2D eigenvalue weighted by molar-refractivity contribution is -0.138. The Morgan fingerprint density at radius 3 is 2.48 bits per heavy atom. The zero-order chi connectivity index (χ0) is 15.4. The number of aryl methyl sites for hydroxylation is 1. The third kappa shape index (κ3) is 4.08. The van der Waals surface area contributed by atoms with E-state index in [0.717, 1.165) is 21.3 Å². The highest BCUT2D eigenvalue weighted by Gasteiger charge is 2.12. The molecular weight excluding hydrogens is 330 g/mol. The smallest absolute Gasteiger partial charge is 0.310 e. The Labute approximate surface area is 133 Å². The van der Waals surface area contributed by atoms with Crippen LogP contribution in [0.15, 0.2) is 46.9 Å². The Balaban J connectivity index is 2.00. The molecule has 0 bridgehead atoms. The summed E-state index contributed by atoms with van der Waals surface area (Å²) >= 11 is 3.48. The molecule has 2 aromatic rings. The molecule has 21 heavy (non-hydrogen) atoms. The molecule has 0 saturated heterocycles. The summed E-state index contributed by atoms with van der Waals surface area (Å²) in [5, 5.41) is 12.4. The molecule has 0 amide bonds. The van der Waals surface area contributed by atoms with Gasteiger partial charge in [-0.3, -0.25) is 4.79 Å². The fourth-order valence-corrected chi connectivity index (χ4v) is 2.27. The zero-order valence-corrected chi connectivity index (χ0v) is 13.6. The number of carboxylic acids is 1. The van der Waals surface area contributed by atoms with Gasteiger partial charge in [0.05, 0.1) is 5.92 Å². The van der Waals surface area contributed by atoms with Crippen LogP contribution in [0.3, 0.4) is 0 Å². The molecule has 0 heterocycles. The van der Waals surface area contributed by atoms with Gasteiger partial charge in [0.1, 0.15) is 0 Å². The van der Waals surface area contributed by atoms with Gasteiger partial charge in [0.25, 0.3) is 0 Å². The van der Waals surface area contributed by atoms with Crippen molar-refractivity contribution in [2.24, 2.45) is 0 Å². The summed E-state index contributed by atoms with van der Waals surface area (Å²) in [6, 6.07) is 13.8. The van der Waals surface area contributed by atoms with Crippen LogP contribution >= 0.6 is 15.9 Å². The van der Waals surface area contributed by atoms with E-state index in [-0.39, 0.29) is 0 Å².